The van der Waals surface area contributed by atoms with Gasteiger partial charge in [-0.25, -0.2) is 4.57 Å². The van der Waals surface area contributed by atoms with E-state index < -0.39 is 50.8 Å². The maximum atomic E-state index is 12.7. The lowest BCUT2D eigenvalue weighted by Crippen LogP contribution is -2.29. The normalized spacial score (nSPS) is 20.9. The summed E-state index contributed by atoms with van der Waals surface area (Å²) in [5.74, 6) is -1.76. The number of nitrogens with two attached hydrogens (primary N) is 1. The first-order chi connectivity index (χ1) is 27.0. The van der Waals surface area contributed by atoms with E-state index in [0.29, 0.717) is 19.3 Å². The third kappa shape index (κ3) is 27.7. The summed E-state index contributed by atoms with van der Waals surface area (Å²) in [7, 11) is -4.47. The van der Waals surface area contributed by atoms with Crippen molar-refractivity contribution in [2.75, 3.05) is 26.4 Å². The molecule has 326 valence electrons. The highest BCUT2D eigenvalue weighted by Crippen LogP contribution is 2.43. The Hall–Kier alpha value is -1.89. The molecule has 7 atom stereocenters. The first-order valence-corrected chi connectivity index (χ1v) is 23.2. The number of rotatable bonds is 36. The van der Waals surface area contributed by atoms with Gasteiger partial charge in [0.2, 0.25) is 0 Å². The quantitative estimate of drug-likeness (QED) is 0.0175. The fraction of sp³-hybridized carbons (Fsp3) is 0.814. The topological polar surface area (TPSA) is 195 Å². The molecule has 1 fully saturated rings. The van der Waals surface area contributed by atoms with Crippen LogP contribution in [-0.2, 0) is 32.7 Å². The van der Waals surface area contributed by atoms with Crippen LogP contribution in [0.5, 0.6) is 0 Å². The smallest absolute Gasteiger partial charge is 0.462 e. The zero-order chi connectivity index (χ0) is 41.3. The van der Waals surface area contributed by atoms with Gasteiger partial charge in [-0.15, -0.1) is 0 Å². The predicted octanol–water partition coefficient (Wildman–Crippen LogP) is 8.54. The van der Waals surface area contributed by atoms with E-state index in [1.807, 2.05) is 0 Å². The van der Waals surface area contributed by atoms with Crippen molar-refractivity contribution in [2.45, 2.75) is 186 Å². The van der Waals surface area contributed by atoms with Crippen LogP contribution in [0.25, 0.3) is 0 Å². The molecule has 1 saturated carbocycles. The fourth-order valence-corrected chi connectivity index (χ4v) is 7.55. The summed E-state index contributed by atoms with van der Waals surface area (Å²) >= 11 is 0. The van der Waals surface area contributed by atoms with Gasteiger partial charge < -0.3 is 35.4 Å². The molecule has 0 aromatic rings. The number of aliphatic hydroxyl groups is 3. The molecule has 0 amide bonds. The molecule has 0 radical (unpaired) electrons. The number of phosphoric ester groups is 1. The average molecular weight is 816 g/mol. The monoisotopic (exact) mass is 816 g/mol. The molecule has 0 bridgehead atoms. The van der Waals surface area contributed by atoms with Gasteiger partial charge in [0.1, 0.15) is 6.61 Å². The fourth-order valence-electron chi connectivity index (χ4n) is 6.78. The van der Waals surface area contributed by atoms with Crippen LogP contribution in [0.1, 0.15) is 162 Å². The summed E-state index contributed by atoms with van der Waals surface area (Å²) in [4.78, 5) is 35.1. The van der Waals surface area contributed by atoms with E-state index in [-0.39, 0.29) is 50.9 Å². The Morgan fingerprint density at radius 1 is 0.768 bits per heavy atom. The molecule has 0 heterocycles. The van der Waals surface area contributed by atoms with Gasteiger partial charge in [-0.3, -0.25) is 18.6 Å². The minimum atomic E-state index is -4.47. The number of hydrogen-bond donors (Lipinski definition) is 5. The number of esters is 2. The second-order valence-electron chi connectivity index (χ2n) is 15.2. The Bertz CT molecular complexity index is 1130. The molecule has 1 rings (SSSR count). The van der Waals surface area contributed by atoms with Crippen LogP contribution in [0.15, 0.2) is 36.5 Å². The average Bonchev–Trinajstić information content (AvgIpc) is 3.44. The zero-order valence-corrected chi connectivity index (χ0v) is 35.6. The molecule has 1 unspecified atom stereocenters. The van der Waals surface area contributed by atoms with Crippen LogP contribution in [-0.4, -0.2) is 82.9 Å². The predicted molar refractivity (Wildman–Crippen MR) is 222 cm³/mol. The summed E-state index contributed by atoms with van der Waals surface area (Å²) in [6.07, 6.45) is 30.2. The summed E-state index contributed by atoms with van der Waals surface area (Å²) < 4.78 is 32.7. The lowest BCUT2D eigenvalue weighted by Gasteiger charge is -2.20. The molecule has 0 saturated heterocycles. The summed E-state index contributed by atoms with van der Waals surface area (Å²) in [6, 6.07) is 0. The van der Waals surface area contributed by atoms with Crippen molar-refractivity contribution < 1.29 is 52.9 Å². The molecular formula is C43H78NO11P. The van der Waals surface area contributed by atoms with Gasteiger partial charge in [-0.2, -0.15) is 0 Å². The molecule has 0 aliphatic heterocycles. The number of aliphatic hydroxyl groups excluding tert-OH is 3. The number of ether oxygens (including phenoxy) is 2. The van der Waals surface area contributed by atoms with E-state index in [4.69, 9.17) is 24.3 Å². The second kappa shape index (κ2) is 34.0. The highest BCUT2D eigenvalue weighted by Gasteiger charge is 2.39. The van der Waals surface area contributed by atoms with E-state index in [1.54, 1.807) is 24.3 Å². The molecule has 0 aromatic carbocycles. The van der Waals surface area contributed by atoms with Crippen molar-refractivity contribution >= 4 is 19.8 Å². The molecule has 0 aromatic heterocycles. The number of allylic oxidation sites excluding steroid dienone is 3. The molecule has 0 spiro atoms. The molecule has 56 heavy (non-hydrogen) atoms. The summed E-state index contributed by atoms with van der Waals surface area (Å²) in [6.45, 7) is 3.23. The van der Waals surface area contributed by atoms with Crippen LogP contribution in [0.4, 0.5) is 0 Å². The van der Waals surface area contributed by atoms with Crippen molar-refractivity contribution in [3.8, 4) is 0 Å². The van der Waals surface area contributed by atoms with Gasteiger partial charge in [-0.05, 0) is 50.9 Å². The van der Waals surface area contributed by atoms with Gasteiger partial charge in [0.05, 0.1) is 37.9 Å². The van der Waals surface area contributed by atoms with Crippen molar-refractivity contribution in [3.63, 3.8) is 0 Å². The van der Waals surface area contributed by atoms with Crippen molar-refractivity contribution in [3.05, 3.63) is 36.5 Å². The third-order valence-electron chi connectivity index (χ3n) is 10.1. The largest absolute Gasteiger partial charge is 0.472 e. The van der Waals surface area contributed by atoms with Gasteiger partial charge in [0, 0.05) is 25.3 Å². The molecule has 12 nitrogen and oxygen atoms in total. The molecule has 1 aliphatic rings. The first-order valence-electron chi connectivity index (χ1n) is 21.7. The second-order valence-corrected chi connectivity index (χ2v) is 16.6. The van der Waals surface area contributed by atoms with Gasteiger partial charge in [0.15, 0.2) is 6.10 Å². The Morgan fingerprint density at radius 3 is 2.02 bits per heavy atom. The zero-order valence-electron chi connectivity index (χ0n) is 34.7. The number of hydrogen-bond acceptors (Lipinski definition) is 11. The van der Waals surface area contributed by atoms with E-state index >= 15 is 0 Å². The van der Waals surface area contributed by atoms with Gasteiger partial charge >= 0.3 is 19.8 Å². The van der Waals surface area contributed by atoms with Crippen LogP contribution in [0.2, 0.25) is 0 Å². The Kier molecular flexibility index (Phi) is 31.7. The van der Waals surface area contributed by atoms with Crippen molar-refractivity contribution in [1.82, 2.24) is 0 Å². The minimum Gasteiger partial charge on any atom is -0.462 e. The van der Waals surface area contributed by atoms with Crippen molar-refractivity contribution in [2.24, 2.45) is 17.6 Å². The van der Waals surface area contributed by atoms with E-state index in [2.05, 4.69) is 26.0 Å². The van der Waals surface area contributed by atoms with E-state index in [0.717, 1.165) is 44.9 Å². The third-order valence-corrected chi connectivity index (χ3v) is 11.1. The number of carbonyl (C=O) groups is 2. The molecule has 13 heteroatoms. The van der Waals surface area contributed by atoms with Gasteiger partial charge in [-0.1, -0.05) is 134 Å². The first kappa shape index (κ1) is 52.1. The Morgan fingerprint density at radius 2 is 1.38 bits per heavy atom. The maximum Gasteiger partial charge on any atom is 0.472 e. The lowest BCUT2D eigenvalue weighted by atomic mass is 9.89. The standard InChI is InChI=1S/C43H78NO11P/c1-3-5-7-8-9-10-11-12-13-14-15-16-17-18-19-20-22-27-42(48)52-34-37(35-54-56(50,51)53-32-31-44)55-43(49)28-24-23-26-38-39(41(47)33-40(38)46)30-29-36(45)25-21-6-4-2/h12-13,23-24,29-30,36-41,45-47H,3-11,14-22,25-28,31-35,44H2,1-2H3,(H,50,51)/b13-12-,24-23-,30-29+/t36-,37-,38+,39-,40+,41-/m1/s1. The highest BCUT2D eigenvalue weighted by molar-refractivity contribution is 7.47. The van der Waals surface area contributed by atoms with Crippen LogP contribution < -0.4 is 5.73 Å². The minimum absolute atomic E-state index is 0.00213. The summed E-state index contributed by atoms with van der Waals surface area (Å²) in [5, 5.41) is 31.3. The van der Waals surface area contributed by atoms with Gasteiger partial charge in [0.25, 0.3) is 0 Å². The number of phosphoric acid groups is 1. The van der Waals surface area contributed by atoms with Crippen molar-refractivity contribution in [1.29, 1.82) is 0 Å². The molecule has 6 N–H and O–H groups in total. The Labute approximate surface area is 338 Å². The van der Waals surface area contributed by atoms with E-state index in [1.165, 1.54) is 64.2 Å². The van der Waals surface area contributed by atoms with Crippen LogP contribution >= 0.6 is 7.82 Å². The van der Waals surface area contributed by atoms with Crippen LogP contribution in [0.3, 0.4) is 0 Å². The highest BCUT2D eigenvalue weighted by atomic mass is 31.2. The summed E-state index contributed by atoms with van der Waals surface area (Å²) in [5.41, 5.74) is 5.34. The van der Waals surface area contributed by atoms with E-state index in [9.17, 15) is 34.4 Å². The SMILES string of the molecule is CCCCCCCC/C=C\CCCCCCCCCC(=O)OC[C@H](COP(=O)(O)OCCN)OC(=O)C/C=C\C[C@H]1[C@@H](/C=C/[C@H](O)CCCCC)[C@H](O)C[C@@H]1O. The maximum absolute atomic E-state index is 12.7. The number of carbonyl (C=O) groups excluding carboxylic acids is 2. The molecule has 1 aliphatic carbocycles. The number of unbranched alkanes of at least 4 members (excludes halogenated alkanes) is 15. The van der Waals surface area contributed by atoms with Crippen LogP contribution in [0, 0.1) is 11.8 Å². The molecular weight excluding hydrogens is 737 g/mol. The Balaban J connectivity index is 2.44. The lowest BCUT2D eigenvalue weighted by molar-refractivity contribution is -0.160.